The van der Waals surface area contributed by atoms with Crippen LogP contribution in [0, 0.1) is 11.8 Å². The first kappa shape index (κ1) is 32.1. The number of amides is 1. The molecule has 2 aliphatic rings. The molecule has 0 aromatic heterocycles. The van der Waals surface area contributed by atoms with Crippen LogP contribution in [0.4, 0.5) is 4.79 Å². The molecule has 4 rings (SSSR count). The van der Waals surface area contributed by atoms with E-state index in [1.54, 1.807) is 53.4 Å². The summed E-state index contributed by atoms with van der Waals surface area (Å²) >= 11 is 0. The number of esters is 2. The Labute approximate surface area is 253 Å². The summed E-state index contributed by atoms with van der Waals surface area (Å²) in [4.78, 5) is 39.2. The second-order valence-electron chi connectivity index (χ2n) is 11.1. The van der Waals surface area contributed by atoms with Gasteiger partial charge < -0.3 is 33.3 Å². The van der Waals surface area contributed by atoms with Gasteiger partial charge in [0, 0.05) is 13.1 Å². The third kappa shape index (κ3) is 10.8. The van der Waals surface area contributed by atoms with Crippen LogP contribution in [-0.2, 0) is 19.1 Å². The molecule has 0 unspecified atom stereocenters. The lowest BCUT2D eigenvalue weighted by molar-refractivity contribution is -0.145. The maximum Gasteiger partial charge on any atom is 0.409 e. The van der Waals surface area contributed by atoms with Crippen LogP contribution in [0.5, 0.6) is 23.0 Å². The minimum Gasteiger partial charge on any atom is -0.491 e. The number of hydrogen-bond acceptors (Lipinski definition) is 9. The Morgan fingerprint density at radius 2 is 1.09 bits per heavy atom. The third-order valence-electron chi connectivity index (χ3n) is 7.47. The predicted molar refractivity (Wildman–Crippen MR) is 158 cm³/mol. The smallest absolute Gasteiger partial charge is 0.409 e. The second-order valence-corrected chi connectivity index (χ2v) is 11.1. The van der Waals surface area contributed by atoms with Gasteiger partial charge in [0.05, 0.1) is 24.5 Å². The molecule has 2 aromatic carbocycles. The van der Waals surface area contributed by atoms with Crippen LogP contribution in [0.1, 0.15) is 58.8 Å². The summed E-state index contributed by atoms with van der Waals surface area (Å²) in [6.45, 7) is 6.79. The van der Waals surface area contributed by atoms with E-state index in [0.29, 0.717) is 61.9 Å². The molecule has 10 heteroatoms. The maximum atomic E-state index is 12.7. The van der Waals surface area contributed by atoms with Gasteiger partial charge >= 0.3 is 18.0 Å². The van der Waals surface area contributed by atoms with Crippen molar-refractivity contribution in [2.24, 2.45) is 11.8 Å². The molecule has 1 saturated heterocycles. The number of benzene rings is 2. The first-order valence-electron chi connectivity index (χ1n) is 15.3. The molecular formula is C33H43NO9. The van der Waals surface area contributed by atoms with Crippen LogP contribution >= 0.6 is 0 Å². The van der Waals surface area contributed by atoms with Gasteiger partial charge in [0.25, 0.3) is 0 Å². The van der Waals surface area contributed by atoms with Crippen LogP contribution in [0.15, 0.2) is 48.5 Å². The standard InChI is InChI=1S/C33H43NO9/c1-24(2)38-20-21-39-27-10-14-29(15-11-27)42-31(35)25-6-8-26(9-7-25)32(36)43-30-16-12-28(13-17-30)40-22-23-41-33(37)34-18-4-3-5-19-34/h10-17,24-26H,3-9,18-23H2,1-2H3. The average Bonchev–Trinajstić information content (AvgIpc) is 3.03. The highest BCUT2D eigenvalue weighted by molar-refractivity contribution is 5.77. The van der Waals surface area contributed by atoms with Gasteiger partial charge in [-0.3, -0.25) is 9.59 Å². The lowest BCUT2D eigenvalue weighted by atomic mass is 9.82. The summed E-state index contributed by atoms with van der Waals surface area (Å²) in [6.07, 6.45) is 5.28. The van der Waals surface area contributed by atoms with Crippen LogP contribution in [0.3, 0.4) is 0 Å². The van der Waals surface area contributed by atoms with Crippen molar-refractivity contribution in [1.29, 1.82) is 0 Å². The van der Waals surface area contributed by atoms with Crippen molar-refractivity contribution >= 4 is 18.0 Å². The lowest BCUT2D eigenvalue weighted by Gasteiger charge is -2.26. The highest BCUT2D eigenvalue weighted by Crippen LogP contribution is 2.32. The Bertz CT molecular complexity index is 1150. The molecule has 43 heavy (non-hydrogen) atoms. The van der Waals surface area contributed by atoms with Crippen LogP contribution < -0.4 is 18.9 Å². The van der Waals surface area contributed by atoms with Gasteiger partial charge in [0.1, 0.15) is 42.8 Å². The summed E-state index contributed by atoms with van der Waals surface area (Å²) in [5.74, 6) is 1.03. The largest absolute Gasteiger partial charge is 0.491 e. The number of nitrogens with zero attached hydrogens (tertiary/aromatic N) is 1. The van der Waals surface area contributed by atoms with E-state index in [9.17, 15) is 14.4 Å². The van der Waals surface area contributed by atoms with Crippen molar-refractivity contribution in [1.82, 2.24) is 4.90 Å². The molecule has 1 aliphatic carbocycles. The topological polar surface area (TPSA) is 110 Å². The predicted octanol–water partition coefficient (Wildman–Crippen LogP) is 5.81. The molecule has 0 atom stereocenters. The zero-order chi connectivity index (χ0) is 30.4. The molecular weight excluding hydrogens is 554 g/mol. The Morgan fingerprint density at radius 1 is 0.651 bits per heavy atom. The fourth-order valence-corrected chi connectivity index (χ4v) is 5.07. The molecule has 2 fully saturated rings. The van der Waals surface area contributed by atoms with E-state index < -0.39 is 0 Å². The number of rotatable bonds is 13. The minimum absolute atomic E-state index is 0.158. The molecule has 234 valence electrons. The van der Waals surface area contributed by atoms with Crippen LogP contribution in [0.25, 0.3) is 0 Å². The van der Waals surface area contributed by atoms with Crippen LogP contribution in [0.2, 0.25) is 0 Å². The average molecular weight is 598 g/mol. The maximum absolute atomic E-state index is 12.7. The van der Waals surface area contributed by atoms with Gasteiger partial charge in [-0.1, -0.05) is 0 Å². The molecule has 2 aromatic rings. The van der Waals surface area contributed by atoms with Gasteiger partial charge in [-0.15, -0.1) is 0 Å². The number of hydrogen-bond donors (Lipinski definition) is 0. The molecule has 0 spiro atoms. The molecule has 0 radical (unpaired) electrons. The van der Waals surface area contributed by atoms with E-state index in [-0.39, 0.29) is 49.2 Å². The van der Waals surface area contributed by atoms with Crippen molar-refractivity contribution in [2.75, 3.05) is 39.5 Å². The molecule has 0 N–H and O–H groups in total. The molecule has 10 nitrogen and oxygen atoms in total. The Hall–Kier alpha value is -3.79. The summed E-state index contributed by atoms with van der Waals surface area (Å²) < 4.78 is 33.1. The molecule has 1 aliphatic heterocycles. The highest BCUT2D eigenvalue weighted by Gasteiger charge is 2.32. The normalized spacial score (nSPS) is 18.5. The van der Waals surface area contributed by atoms with E-state index in [4.69, 9.17) is 28.4 Å². The van der Waals surface area contributed by atoms with E-state index >= 15 is 0 Å². The van der Waals surface area contributed by atoms with Crippen molar-refractivity contribution in [3.8, 4) is 23.0 Å². The van der Waals surface area contributed by atoms with Gasteiger partial charge in [-0.2, -0.15) is 0 Å². The van der Waals surface area contributed by atoms with Crippen LogP contribution in [-0.4, -0.2) is 68.6 Å². The number of carbonyl (C=O) groups excluding carboxylic acids is 3. The summed E-state index contributed by atoms with van der Waals surface area (Å²) in [5, 5.41) is 0. The van der Waals surface area contributed by atoms with Crippen molar-refractivity contribution < 1.29 is 42.8 Å². The quantitative estimate of drug-likeness (QED) is 0.161. The Morgan fingerprint density at radius 3 is 1.56 bits per heavy atom. The second kappa shape index (κ2) is 16.7. The highest BCUT2D eigenvalue weighted by atomic mass is 16.6. The van der Waals surface area contributed by atoms with E-state index in [1.165, 1.54) is 0 Å². The Balaban J connectivity index is 1.11. The summed E-state index contributed by atoms with van der Waals surface area (Å²) in [6, 6.07) is 13.7. The number of likely N-dealkylation sites (tertiary alicyclic amines) is 1. The number of carbonyl (C=O) groups is 3. The van der Waals surface area contributed by atoms with Gasteiger partial charge in [-0.25, -0.2) is 4.79 Å². The zero-order valence-corrected chi connectivity index (χ0v) is 25.2. The monoisotopic (exact) mass is 597 g/mol. The molecule has 0 bridgehead atoms. The lowest BCUT2D eigenvalue weighted by Crippen LogP contribution is -2.36. The van der Waals surface area contributed by atoms with E-state index in [0.717, 1.165) is 32.4 Å². The third-order valence-corrected chi connectivity index (χ3v) is 7.47. The van der Waals surface area contributed by atoms with Crippen molar-refractivity contribution in [3.05, 3.63) is 48.5 Å². The fraction of sp³-hybridized carbons (Fsp3) is 0.545. The van der Waals surface area contributed by atoms with E-state index in [1.807, 2.05) is 13.8 Å². The first-order valence-corrected chi connectivity index (χ1v) is 15.3. The van der Waals surface area contributed by atoms with Crippen molar-refractivity contribution in [3.63, 3.8) is 0 Å². The van der Waals surface area contributed by atoms with Gasteiger partial charge in [-0.05, 0) is 107 Å². The Kier molecular flexibility index (Phi) is 12.5. The number of ether oxygens (including phenoxy) is 6. The zero-order valence-electron chi connectivity index (χ0n) is 25.2. The summed E-state index contributed by atoms with van der Waals surface area (Å²) in [7, 11) is 0. The van der Waals surface area contributed by atoms with E-state index in [2.05, 4.69) is 0 Å². The molecule has 1 heterocycles. The van der Waals surface area contributed by atoms with Gasteiger partial charge in [0.2, 0.25) is 0 Å². The molecule has 1 amide bonds. The SMILES string of the molecule is CC(C)OCCOc1ccc(OC(=O)C2CCC(C(=O)Oc3ccc(OCCOC(=O)N4CCCCC4)cc3)CC2)cc1. The molecule has 1 saturated carbocycles. The van der Waals surface area contributed by atoms with Gasteiger partial charge in [0.15, 0.2) is 0 Å². The van der Waals surface area contributed by atoms with Crippen molar-refractivity contribution in [2.45, 2.75) is 64.9 Å². The number of piperidine rings is 1. The fourth-order valence-electron chi connectivity index (χ4n) is 5.07. The minimum atomic E-state index is -0.306. The first-order chi connectivity index (χ1) is 20.9. The summed E-state index contributed by atoms with van der Waals surface area (Å²) in [5.41, 5.74) is 0.